The monoisotopic (exact) mass is 818 g/mol. The fourth-order valence-corrected chi connectivity index (χ4v) is 10.9. The Labute approximate surface area is 372 Å². The quantitative estimate of drug-likeness (QED) is 0.164. The molecule has 0 amide bonds. The van der Waals surface area contributed by atoms with Gasteiger partial charge in [-0.2, -0.15) is 0 Å². The Morgan fingerprint density at radius 3 is 0.875 bits per heavy atom. The van der Waals surface area contributed by atoms with Gasteiger partial charge in [-0.25, -0.2) is 0 Å². The van der Waals surface area contributed by atoms with Crippen molar-refractivity contribution in [1.29, 1.82) is 0 Å². The minimum atomic E-state index is 1.14. The molecule has 0 aliphatic carbocycles. The number of fused-ring (bicyclic) bond motifs is 8. The van der Waals surface area contributed by atoms with Crippen molar-refractivity contribution in [3.8, 4) is 22.3 Å². The molecule has 4 heteroatoms. The molecule has 0 aromatic heterocycles. The highest BCUT2D eigenvalue weighted by Crippen LogP contribution is 2.59. The predicted octanol–water partition coefficient (Wildman–Crippen LogP) is 16.7. The van der Waals surface area contributed by atoms with E-state index in [-0.39, 0.29) is 0 Å². The van der Waals surface area contributed by atoms with Crippen LogP contribution in [0.25, 0.3) is 65.3 Å². The Balaban J connectivity index is 1.27. The smallest absolute Gasteiger partial charge is 0.0699 e. The van der Waals surface area contributed by atoms with Gasteiger partial charge in [0.25, 0.3) is 0 Å². The molecule has 0 unspecified atom stereocenters. The highest BCUT2D eigenvalue weighted by Gasteiger charge is 2.33. The van der Waals surface area contributed by atoms with Crippen molar-refractivity contribution in [3.05, 3.63) is 218 Å². The highest BCUT2D eigenvalue weighted by atomic mass is 15.3. The summed E-state index contributed by atoms with van der Waals surface area (Å²) in [4.78, 5) is 9.67. The lowest BCUT2D eigenvalue weighted by atomic mass is 9.82. The SMILES string of the molecule is CN1c2ccccc2N(c2cccc3c(-c4cccc5ccccc45)c4c(N5c6ccccc6N(C)c6ccccc65)cccc4c(-c4cccc5ccccc45)c23)c2ccccc21. The van der Waals surface area contributed by atoms with Crippen LogP contribution in [0.15, 0.2) is 218 Å². The molecule has 0 N–H and O–H groups in total. The van der Waals surface area contributed by atoms with Gasteiger partial charge in [-0.15, -0.1) is 0 Å². The Morgan fingerprint density at radius 1 is 0.234 bits per heavy atom. The summed E-state index contributed by atoms with van der Waals surface area (Å²) in [6.07, 6.45) is 0. The van der Waals surface area contributed by atoms with E-state index in [1.165, 1.54) is 65.3 Å². The first-order chi connectivity index (χ1) is 31.7. The molecule has 2 heterocycles. The Bertz CT molecular complexity index is 3350. The van der Waals surface area contributed by atoms with Crippen molar-refractivity contribution < 1.29 is 0 Å². The molecule has 2 aliphatic heterocycles. The molecule has 302 valence electrons. The third-order valence-electron chi connectivity index (χ3n) is 13.7. The topological polar surface area (TPSA) is 13.0 Å². The van der Waals surface area contributed by atoms with Gasteiger partial charge in [0.1, 0.15) is 0 Å². The van der Waals surface area contributed by atoms with Gasteiger partial charge in [-0.3, -0.25) is 0 Å². The Morgan fingerprint density at radius 2 is 0.500 bits per heavy atom. The molecule has 2 aliphatic rings. The summed E-state index contributed by atoms with van der Waals surface area (Å²) in [7, 11) is 4.36. The molecule has 0 saturated carbocycles. The maximum atomic E-state index is 2.51. The van der Waals surface area contributed by atoms with E-state index >= 15 is 0 Å². The molecule has 4 nitrogen and oxygen atoms in total. The molecule has 11 aromatic rings. The first-order valence-electron chi connectivity index (χ1n) is 22.1. The average Bonchev–Trinajstić information content (AvgIpc) is 3.36. The van der Waals surface area contributed by atoms with E-state index in [4.69, 9.17) is 0 Å². The van der Waals surface area contributed by atoms with Crippen molar-refractivity contribution >= 4 is 100.0 Å². The van der Waals surface area contributed by atoms with Crippen LogP contribution in [0, 0.1) is 0 Å². The van der Waals surface area contributed by atoms with E-state index in [1.807, 2.05) is 0 Å². The highest BCUT2D eigenvalue weighted by molar-refractivity contribution is 6.31. The van der Waals surface area contributed by atoms with Crippen molar-refractivity contribution in [2.45, 2.75) is 0 Å². The first-order valence-corrected chi connectivity index (χ1v) is 22.1. The normalized spacial score (nSPS) is 13.0. The maximum absolute atomic E-state index is 2.51. The maximum Gasteiger partial charge on any atom is 0.0699 e. The van der Waals surface area contributed by atoms with E-state index < -0.39 is 0 Å². The van der Waals surface area contributed by atoms with E-state index in [2.05, 4.69) is 252 Å². The second kappa shape index (κ2) is 14.1. The first kappa shape index (κ1) is 36.3. The Kier molecular flexibility index (Phi) is 8.00. The van der Waals surface area contributed by atoms with Crippen LogP contribution in [0.1, 0.15) is 0 Å². The van der Waals surface area contributed by atoms with Crippen LogP contribution in [0.5, 0.6) is 0 Å². The van der Waals surface area contributed by atoms with Gasteiger partial charge in [0.05, 0.1) is 56.9 Å². The average molecular weight is 819 g/mol. The number of hydrogen-bond acceptors (Lipinski definition) is 4. The summed E-state index contributed by atoms with van der Waals surface area (Å²) in [6.45, 7) is 0. The molecule has 0 fully saturated rings. The van der Waals surface area contributed by atoms with Crippen LogP contribution in [0.4, 0.5) is 56.9 Å². The number of benzene rings is 11. The fraction of sp³-hybridized carbons (Fsp3) is 0.0333. The zero-order chi connectivity index (χ0) is 42.5. The minimum Gasteiger partial charge on any atom is -0.341 e. The summed E-state index contributed by atoms with van der Waals surface area (Å²) < 4.78 is 0. The predicted molar refractivity (Wildman–Crippen MR) is 273 cm³/mol. The number of rotatable bonds is 4. The summed E-state index contributed by atoms with van der Waals surface area (Å²) in [5, 5.41) is 9.68. The van der Waals surface area contributed by atoms with Crippen molar-refractivity contribution in [2.24, 2.45) is 0 Å². The van der Waals surface area contributed by atoms with Crippen LogP contribution in [0.3, 0.4) is 0 Å². The molecule has 0 atom stereocenters. The second-order valence-corrected chi connectivity index (χ2v) is 16.9. The summed E-state index contributed by atoms with van der Waals surface area (Å²) >= 11 is 0. The largest absolute Gasteiger partial charge is 0.341 e. The molecule has 13 rings (SSSR count). The van der Waals surface area contributed by atoms with Gasteiger partial charge in [0, 0.05) is 36.0 Å². The van der Waals surface area contributed by atoms with Gasteiger partial charge in [0.15, 0.2) is 0 Å². The van der Waals surface area contributed by atoms with Gasteiger partial charge >= 0.3 is 0 Å². The van der Waals surface area contributed by atoms with Crippen molar-refractivity contribution in [2.75, 3.05) is 33.7 Å². The molecular weight excluding hydrogens is 777 g/mol. The van der Waals surface area contributed by atoms with Crippen LogP contribution < -0.4 is 19.6 Å². The molecule has 11 aromatic carbocycles. The van der Waals surface area contributed by atoms with Crippen LogP contribution >= 0.6 is 0 Å². The standard InChI is InChI=1S/C60H42N4/c1-61-47-29-7-11-33-51(47)63(52-34-12-8-30-48(52)61)55-37-17-27-45-58(44-26-16-22-40-20-4-6-24-42(40)44)60-46(57(59(45)55)43-25-15-21-39-19-3-5-23-41(39)43)28-18-38-56(60)64-53-35-13-9-31-49(53)62(2)50-32-10-14-36-54(50)64/h3-38H,1-2H3. The number of anilines is 10. The molecule has 64 heavy (non-hydrogen) atoms. The fourth-order valence-electron chi connectivity index (χ4n) is 10.9. The zero-order valence-corrected chi connectivity index (χ0v) is 35.6. The molecule has 0 bridgehead atoms. The van der Waals surface area contributed by atoms with E-state index in [0.29, 0.717) is 0 Å². The van der Waals surface area contributed by atoms with Gasteiger partial charge in [-0.05, 0) is 104 Å². The molecule has 0 spiro atoms. The van der Waals surface area contributed by atoms with Crippen molar-refractivity contribution in [1.82, 2.24) is 0 Å². The minimum absolute atomic E-state index is 1.14. The summed E-state index contributed by atoms with van der Waals surface area (Å²) in [5.74, 6) is 0. The van der Waals surface area contributed by atoms with Gasteiger partial charge in [-0.1, -0.05) is 158 Å². The molecule has 0 radical (unpaired) electrons. The summed E-state index contributed by atoms with van der Waals surface area (Å²) in [6, 6.07) is 80.6. The second-order valence-electron chi connectivity index (χ2n) is 16.9. The molecule has 0 saturated heterocycles. The van der Waals surface area contributed by atoms with Gasteiger partial charge < -0.3 is 19.6 Å². The van der Waals surface area contributed by atoms with E-state index in [1.54, 1.807) is 0 Å². The lowest BCUT2D eigenvalue weighted by molar-refractivity contribution is 1.13. The third kappa shape index (κ3) is 5.17. The molecular formula is C60H42N4. The van der Waals surface area contributed by atoms with Crippen LogP contribution in [-0.2, 0) is 0 Å². The number of para-hydroxylation sites is 8. The van der Waals surface area contributed by atoms with Crippen LogP contribution in [0.2, 0.25) is 0 Å². The zero-order valence-electron chi connectivity index (χ0n) is 35.6. The number of nitrogens with zero attached hydrogens (tertiary/aromatic N) is 4. The number of hydrogen-bond donors (Lipinski definition) is 0. The third-order valence-corrected chi connectivity index (χ3v) is 13.7. The van der Waals surface area contributed by atoms with Gasteiger partial charge in [0.2, 0.25) is 0 Å². The van der Waals surface area contributed by atoms with E-state index in [0.717, 1.165) is 56.9 Å². The summed E-state index contributed by atoms with van der Waals surface area (Å²) in [5.41, 5.74) is 16.3. The van der Waals surface area contributed by atoms with Crippen molar-refractivity contribution in [3.63, 3.8) is 0 Å². The lowest BCUT2D eigenvalue weighted by Gasteiger charge is -2.40. The lowest BCUT2D eigenvalue weighted by Crippen LogP contribution is -2.24. The van der Waals surface area contributed by atoms with Crippen LogP contribution in [-0.4, -0.2) is 14.1 Å². The Hall–Kier alpha value is -8.34. The van der Waals surface area contributed by atoms with E-state index in [9.17, 15) is 0 Å².